The van der Waals surface area contributed by atoms with E-state index in [1.54, 1.807) is 0 Å². The molecule has 0 aromatic rings. The van der Waals surface area contributed by atoms with E-state index in [-0.39, 0.29) is 22.9 Å². The maximum atomic E-state index is 18.9. The van der Waals surface area contributed by atoms with Gasteiger partial charge in [-0.3, -0.25) is 0 Å². The summed E-state index contributed by atoms with van der Waals surface area (Å²) in [4.78, 5) is 0. The molecule has 2 saturated carbocycles. The van der Waals surface area contributed by atoms with Crippen molar-refractivity contribution in [1.29, 1.82) is 0 Å². The third-order valence-corrected chi connectivity index (χ3v) is 14.1. The van der Waals surface area contributed by atoms with Crippen molar-refractivity contribution in [3.63, 3.8) is 0 Å². The molecule has 4 aliphatic carbocycles. The third kappa shape index (κ3) is 6.20. The standard InChI is InChI=1S/C32H61FO4Si4/c1-29-18-16-23(34-38(4,5)6)20-26(29)27(35-39(7,8)9)21-25-24-17-19-31(3,37-41(13,14)15)30(24,2)22-28(32(25,29)33)36-40(10,11)12/h20,24-25,28H,16-19,21-22H2,1-15H3/t24?,25?,28-,29?,30?,31-,32-/m0/s1. The third-order valence-electron chi connectivity index (χ3n) is 10.3. The topological polar surface area (TPSA) is 36.9 Å². The summed E-state index contributed by atoms with van der Waals surface area (Å²) in [6, 6.07) is 0. The highest BCUT2D eigenvalue weighted by Gasteiger charge is 2.74. The van der Waals surface area contributed by atoms with E-state index >= 15 is 4.39 Å². The molecular weight excluding hydrogens is 580 g/mol. The molecule has 0 aromatic carbocycles. The minimum atomic E-state index is -2.08. The van der Waals surface area contributed by atoms with Crippen molar-refractivity contribution < 1.29 is 22.1 Å². The molecule has 0 aliphatic heterocycles. The molecule has 0 bridgehead atoms. The van der Waals surface area contributed by atoms with Crippen LogP contribution in [0.3, 0.4) is 0 Å². The van der Waals surface area contributed by atoms with Gasteiger partial charge < -0.3 is 17.7 Å². The molecule has 0 N–H and O–H groups in total. The first-order valence-electron chi connectivity index (χ1n) is 16.1. The van der Waals surface area contributed by atoms with Crippen LogP contribution in [0.15, 0.2) is 23.2 Å². The number of rotatable bonds is 8. The number of halogens is 1. The van der Waals surface area contributed by atoms with Crippen LogP contribution in [0, 0.1) is 22.7 Å². The zero-order chi connectivity index (χ0) is 31.2. The van der Waals surface area contributed by atoms with Crippen molar-refractivity contribution in [3.8, 4) is 0 Å². The predicted octanol–water partition coefficient (Wildman–Crippen LogP) is 10.0. The Morgan fingerprint density at radius 1 is 0.756 bits per heavy atom. The maximum absolute atomic E-state index is 18.9. The highest BCUT2D eigenvalue weighted by molar-refractivity contribution is 6.71. The van der Waals surface area contributed by atoms with Crippen LogP contribution < -0.4 is 0 Å². The van der Waals surface area contributed by atoms with Crippen LogP contribution in [0.5, 0.6) is 0 Å². The molecule has 0 aromatic heterocycles. The second-order valence-electron chi connectivity index (χ2n) is 18.2. The average Bonchev–Trinajstić information content (AvgIpc) is 2.96. The van der Waals surface area contributed by atoms with Crippen LogP contribution in [-0.2, 0) is 17.7 Å². The molecule has 0 saturated heterocycles. The van der Waals surface area contributed by atoms with Gasteiger partial charge in [0.15, 0.2) is 16.6 Å². The van der Waals surface area contributed by atoms with Crippen LogP contribution in [0.4, 0.5) is 4.39 Å². The largest absolute Gasteiger partial charge is 0.547 e. The molecule has 0 heterocycles. The molecule has 41 heavy (non-hydrogen) atoms. The Balaban J connectivity index is 1.93. The zero-order valence-electron chi connectivity index (χ0n) is 29.1. The summed E-state index contributed by atoms with van der Waals surface area (Å²) < 4.78 is 46.5. The molecule has 0 amide bonds. The fourth-order valence-electron chi connectivity index (χ4n) is 8.89. The van der Waals surface area contributed by atoms with Crippen LogP contribution in [0.2, 0.25) is 78.6 Å². The molecule has 4 nitrogen and oxygen atoms in total. The van der Waals surface area contributed by atoms with Gasteiger partial charge in [0.1, 0.15) is 5.67 Å². The van der Waals surface area contributed by atoms with Crippen LogP contribution in [0.1, 0.15) is 59.3 Å². The van der Waals surface area contributed by atoms with Gasteiger partial charge in [-0.05, 0) is 123 Å². The van der Waals surface area contributed by atoms with Gasteiger partial charge in [-0.2, -0.15) is 0 Å². The Hall–Kier alpha value is -0.202. The number of allylic oxidation sites excluding steroid dienone is 4. The molecule has 0 spiro atoms. The van der Waals surface area contributed by atoms with Crippen molar-refractivity contribution in [1.82, 2.24) is 0 Å². The van der Waals surface area contributed by atoms with E-state index in [1.165, 1.54) is 0 Å². The van der Waals surface area contributed by atoms with Gasteiger partial charge >= 0.3 is 0 Å². The number of alkyl halides is 1. The van der Waals surface area contributed by atoms with Gasteiger partial charge in [0.05, 0.1) is 23.2 Å². The molecule has 4 rings (SSSR count). The summed E-state index contributed by atoms with van der Waals surface area (Å²) in [6.45, 7) is 33.9. The van der Waals surface area contributed by atoms with Gasteiger partial charge in [0.25, 0.3) is 0 Å². The summed E-state index contributed by atoms with van der Waals surface area (Å²) in [7, 11) is -7.67. The predicted molar refractivity (Wildman–Crippen MR) is 180 cm³/mol. The molecule has 2 fully saturated rings. The van der Waals surface area contributed by atoms with Crippen molar-refractivity contribution in [3.05, 3.63) is 23.2 Å². The summed E-state index contributed by atoms with van der Waals surface area (Å²) in [6.07, 6.45) is 6.55. The molecule has 4 unspecified atom stereocenters. The Bertz CT molecular complexity index is 1100. The van der Waals surface area contributed by atoms with Gasteiger partial charge in [-0.15, -0.1) is 0 Å². The fourth-order valence-corrected chi connectivity index (χ4v) is 13.6. The van der Waals surface area contributed by atoms with Gasteiger partial charge in [0, 0.05) is 35.2 Å². The first-order chi connectivity index (χ1) is 18.2. The molecule has 7 atom stereocenters. The number of hydrogen-bond donors (Lipinski definition) is 0. The van der Waals surface area contributed by atoms with E-state index < -0.39 is 50.5 Å². The SMILES string of the molecule is CC12C[C@H](O[Si](C)(C)C)[C@@]3(F)C(CC(O[Si](C)(C)C)=C4C=C(O[Si](C)(C)C)CCC43C)C1CC[C@]2(C)O[Si](C)(C)C. The average molecular weight is 641 g/mol. The lowest BCUT2D eigenvalue weighted by Crippen LogP contribution is -2.70. The van der Waals surface area contributed by atoms with Crippen molar-refractivity contribution in [2.75, 3.05) is 0 Å². The quantitative estimate of drug-likeness (QED) is 0.248. The first-order valence-corrected chi connectivity index (χ1v) is 29.8. The minimum absolute atomic E-state index is 0.160. The summed E-state index contributed by atoms with van der Waals surface area (Å²) in [5.41, 5.74) is -1.57. The van der Waals surface area contributed by atoms with E-state index in [0.29, 0.717) is 12.8 Å². The van der Waals surface area contributed by atoms with Gasteiger partial charge in [0.2, 0.25) is 16.6 Å². The first kappa shape index (κ1) is 33.7. The number of fused-ring (bicyclic) bond motifs is 5. The highest BCUT2D eigenvalue weighted by Crippen LogP contribution is 2.72. The molecule has 236 valence electrons. The highest BCUT2D eigenvalue weighted by atomic mass is 28.4. The summed E-state index contributed by atoms with van der Waals surface area (Å²) in [5, 5.41) is 0. The Kier molecular flexibility index (Phi) is 8.35. The van der Waals surface area contributed by atoms with E-state index in [4.69, 9.17) is 17.7 Å². The molecule has 4 aliphatic rings. The van der Waals surface area contributed by atoms with Crippen molar-refractivity contribution >= 4 is 33.3 Å². The number of hydrogen-bond acceptors (Lipinski definition) is 4. The van der Waals surface area contributed by atoms with Crippen LogP contribution >= 0.6 is 0 Å². The lowest BCUT2D eigenvalue weighted by molar-refractivity contribution is -0.213. The minimum Gasteiger partial charge on any atom is -0.547 e. The Labute approximate surface area is 255 Å². The second kappa shape index (κ2) is 10.2. The van der Waals surface area contributed by atoms with Crippen LogP contribution in [0.25, 0.3) is 0 Å². The molecule has 0 radical (unpaired) electrons. The monoisotopic (exact) mass is 640 g/mol. The fraction of sp³-hybridized carbons (Fsp3) is 0.875. The molecular formula is C32H61FO4Si4. The van der Waals surface area contributed by atoms with Crippen molar-refractivity contribution in [2.45, 2.75) is 155 Å². The molecule has 9 heteroatoms. The second-order valence-corrected chi connectivity index (χ2v) is 36.0. The van der Waals surface area contributed by atoms with E-state index in [2.05, 4.69) is 105 Å². The van der Waals surface area contributed by atoms with E-state index in [1.807, 2.05) is 0 Å². The van der Waals surface area contributed by atoms with E-state index in [9.17, 15) is 0 Å². The van der Waals surface area contributed by atoms with E-state index in [0.717, 1.165) is 42.8 Å². The normalized spacial score (nSPS) is 40.0. The maximum Gasteiger partial charge on any atom is 0.241 e. The van der Waals surface area contributed by atoms with Gasteiger partial charge in [-0.1, -0.05) is 13.8 Å². The zero-order valence-corrected chi connectivity index (χ0v) is 33.1. The van der Waals surface area contributed by atoms with Gasteiger partial charge in [-0.25, -0.2) is 4.39 Å². The lowest BCUT2D eigenvalue weighted by atomic mass is 9.45. The summed E-state index contributed by atoms with van der Waals surface area (Å²) >= 11 is 0. The lowest BCUT2D eigenvalue weighted by Gasteiger charge is -2.65. The summed E-state index contributed by atoms with van der Waals surface area (Å²) in [5.74, 6) is 2.09. The Morgan fingerprint density at radius 3 is 1.85 bits per heavy atom. The van der Waals surface area contributed by atoms with Crippen LogP contribution in [-0.4, -0.2) is 50.6 Å². The smallest absolute Gasteiger partial charge is 0.241 e. The Morgan fingerprint density at radius 2 is 1.34 bits per heavy atom. The van der Waals surface area contributed by atoms with Crippen molar-refractivity contribution in [2.24, 2.45) is 22.7 Å².